The van der Waals surface area contributed by atoms with Crippen molar-refractivity contribution in [3.63, 3.8) is 0 Å². The molecule has 0 fully saturated rings. The van der Waals surface area contributed by atoms with E-state index < -0.39 is 0 Å². The minimum absolute atomic E-state index is 0.267. The molecule has 2 heterocycles. The first-order valence-electron chi connectivity index (χ1n) is 4.84. The van der Waals surface area contributed by atoms with Crippen LogP contribution in [0.4, 0.5) is 5.69 Å². The molecule has 0 atom stereocenters. The quantitative estimate of drug-likeness (QED) is 0.414. The molecule has 0 saturated heterocycles. The number of carbonyl (C=O) groups excluding carboxylic acids is 1. The number of aromatic amines is 1. The van der Waals surface area contributed by atoms with Crippen LogP contribution < -0.4 is 16.6 Å². The first-order chi connectivity index (χ1) is 8.31. The predicted molar refractivity (Wildman–Crippen MR) is 59.6 cm³/mol. The van der Waals surface area contributed by atoms with Crippen LogP contribution in [0.25, 0.3) is 0 Å². The highest BCUT2D eigenvalue weighted by Gasteiger charge is 2.10. The van der Waals surface area contributed by atoms with Gasteiger partial charge in [0.1, 0.15) is 12.2 Å². The van der Waals surface area contributed by atoms with Crippen LogP contribution in [-0.2, 0) is 6.54 Å². The van der Waals surface area contributed by atoms with Crippen molar-refractivity contribution in [1.29, 1.82) is 0 Å². The molecule has 0 saturated carbocycles. The van der Waals surface area contributed by atoms with Gasteiger partial charge < -0.3 is 10.7 Å². The summed E-state index contributed by atoms with van der Waals surface area (Å²) in [6.45, 7) is 0.269. The number of nitrogens with one attached hydrogen (secondary N) is 3. The number of aromatic nitrogens is 4. The van der Waals surface area contributed by atoms with Crippen LogP contribution in [0.15, 0.2) is 24.8 Å². The zero-order valence-electron chi connectivity index (χ0n) is 8.84. The van der Waals surface area contributed by atoms with Crippen molar-refractivity contribution in [3.05, 3.63) is 36.2 Å². The maximum Gasteiger partial charge on any atom is 0.253 e. The number of anilines is 1. The van der Waals surface area contributed by atoms with Gasteiger partial charge in [0, 0.05) is 6.20 Å². The van der Waals surface area contributed by atoms with E-state index in [0.717, 1.165) is 0 Å². The number of hydrogen-bond acceptors (Lipinski definition) is 6. The van der Waals surface area contributed by atoms with Gasteiger partial charge in [-0.15, -0.1) is 0 Å². The van der Waals surface area contributed by atoms with E-state index in [2.05, 4.69) is 30.9 Å². The number of H-pyrrole nitrogens is 1. The summed E-state index contributed by atoms with van der Waals surface area (Å²) < 4.78 is 0. The normalized spacial score (nSPS) is 9.94. The molecular formula is C9H11N7O. The fourth-order valence-electron chi connectivity index (χ4n) is 1.28. The molecule has 8 heteroatoms. The molecule has 0 aliphatic carbocycles. The smallest absolute Gasteiger partial charge is 0.253 e. The van der Waals surface area contributed by atoms with Gasteiger partial charge in [-0.3, -0.25) is 20.7 Å². The van der Waals surface area contributed by atoms with Crippen molar-refractivity contribution >= 4 is 11.6 Å². The second-order valence-corrected chi connectivity index (χ2v) is 3.18. The lowest BCUT2D eigenvalue weighted by atomic mass is 10.2. The molecule has 0 unspecified atom stereocenters. The van der Waals surface area contributed by atoms with Gasteiger partial charge in [-0.2, -0.15) is 5.10 Å². The first kappa shape index (κ1) is 11.0. The Morgan fingerprint density at radius 3 is 3.12 bits per heavy atom. The van der Waals surface area contributed by atoms with E-state index in [4.69, 9.17) is 5.84 Å². The lowest BCUT2D eigenvalue weighted by Gasteiger charge is -2.07. The Morgan fingerprint density at radius 1 is 1.53 bits per heavy atom. The van der Waals surface area contributed by atoms with Crippen LogP contribution in [0.3, 0.4) is 0 Å². The summed E-state index contributed by atoms with van der Waals surface area (Å²) in [7, 11) is 0. The highest BCUT2D eigenvalue weighted by molar-refractivity contribution is 5.99. The highest BCUT2D eigenvalue weighted by atomic mass is 16.1. The van der Waals surface area contributed by atoms with Gasteiger partial charge in [0.05, 0.1) is 24.0 Å². The Hall–Kier alpha value is -2.48. The van der Waals surface area contributed by atoms with Crippen molar-refractivity contribution in [2.75, 3.05) is 5.43 Å². The van der Waals surface area contributed by atoms with Gasteiger partial charge in [-0.25, -0.2) is 4.98 Å². The molecule has 0 aliphatic rings. The molecule has 0 bridgehead atoms. The van der Waals surface area contributed by atoms with E-state index in [9.17, 15) is 4.79 Å². The zero-order chi connectivity index (χ0) is 12.1. The molecular weight excluding hydrogens is 222 g/mol. The zero-order valence-corrected chi connectivity index (χ0v) is 8.84. The Labute approximate surface area is 96.6 Å². The molecule has 8 nitrogen and oxygen atoms in total. The molecule has 2 rings (SSSR count). The third kappa shape index (κ3) is 2.55. The monoisotopic (exact) mass is 233 g/mol. The predicted octanol–water partition coefficient (Wildman–Crippen LogP) is -0.585. The Bertz CT molecular complexity index is 496. The van der Waals surface area contributed by atoms with E-state index in [-0.39, 0.29) is 12.5 Å². The van der Waals surface area contributed by atoms with Gasteiger partial charge in [0.2, 0.25) is 0 Å². The second kappa shape index (κ2) is 5.03. The number of nitrogen functional groups attached to an aromatic ring is 1. The second-order valence-electron chi connectivity index (χ2n) is 3.18. The van der Waals surface area contributed by atoms with Crippen molar-refractivity contribution in [2.45, 2.75) is 6.54 Å². The summed E-state index contributed by atoms with van der Waals surface area (Å²) >= 11 is 0. The van der Waals surface area contributed by atoms with E-state index in [1.54, 1.807) is 6.07 Å². The molecule has 0 spiro atoms. The van der Waals surface area contributed by atoms with Gasteiger partial charge in [-0.1, -0.05) is 0 Å². The van der Waals surface area contributed by atoms with Crippen LogP contribution in [0.1, 0.15) is 16.2 Å². The van der Waals surface area contributed by atoms with Crippen LogP contribution in [-0.4, -0.2) is 26.1 Å². The number of pyridine rings is 1. The van der Waals surface area contributed by atoms with Gasteiger partial charge >= 0.3 is 0 Å². The summed E-state index contributed by atoms with van der Waals surface area (Å²) in [5.41, 5.74) is 3.29. The molecule has 0 aliphatic heterocycles. The molecule has 0 aromatic carbocycles. The number of rotatable bonds is 4. The minimum Gasteiger partial charge on any atom is -0.345 e. The van der Waals surface area contributed by atoms with Gasteiger partial charge in [-0.05, 0) is 6.07 Å². The topological polar surface area (TPSA) is 122 Å². The van der Waals surface area contributed by atoms with E-state index in [1.165, 1.54) is 18.7 Å². The molecule has 88 valence electrons. The van der Waals surface area contributed by atoms with Crippen molar-refractivity contribution < 1.29 is 4.79 Å². The third-order valence-corrected chi connectivity index (χ3v) is 2.10. The Balaban J connectivity index is 2.04. The van der Waals surface area contributed by atoms with Gasteiger partial charge in [0.25, 0.3) is 5.91 Å². The van der Waals surface area contributed by atoms with E-state index in [0.29, 0.717) is 17.1 Å². The average molecular weight is 233 g/mol. The summed E-state index contributed by atoms with van der Waals surface area (Å²) in [5.74, 6) is 5.59. The fraction of sp³-hybridized carbons (Fsp3) is 0.111. The molecule has 5 N–H and O–H groups in total. The number of hydrogen-bond donors (Lipinski definition) is 4. The number of nitrogens with zero attached hydrogens (tertiary/aromatic N) is 3. The van der Waals surface area contributed by atoms with E-state index in [1.807, 2.05) is 0 Å². The standard InChI is InChI=1S/C9H11N7O/c10-15-7-3-11-2-1-6(7)9(17)12-4-8-13-5-14-16-8/h1-3,5,15H,4,10H2,(H,12,17)(H,13,14,16). The lowest BCUT2D eigenvalue weighted by Crippen LogP contribution is -2.25. The maximum absolute atomic E-state index is 11.8. The number of amides is 1. The summed E-state index contributed by atoms with van der Waals surface area (Å²) in [5, 5.41) is 9.00. The van der Waals surface area contributed by atoms with Crippen molar-refractivity contribution in [3.8, 4) is 0 Å². The number of hydrazine groups is 1. The molecule has 2 aromatic heterocycles. The van der Waals surface area contributed by atoms with Crippen molar-refractivity contribution in [1.82, 2.24) is 25.5 Å². The van der Waals surface area contributed by atoms with Crippen molar-refractivity contribution in [2.24, 2.45) is 5.84 Å². The number of carbonyl (C=O) groups is 1. The average Bonchev–Trinajstić information content (AvgIpc) is 2.89. The minimum atomic E-state index is -0.267. The first-order valence-corrected chi connectivity index (χ1v) is 4.84. The summed E-state index contributed by atoms with van der Waals surface area (Å²) in [6, 6.07) is 1.57. The van der Waals surface area contributed by atoms with Crippen LogP contribution in [0, 0.1) is 0 Å². The number of nitrogens with two attached hydrogens (primary N) is 1. The molecule has 2 aromatic rings. The summed E-state index contributed by atoms with van der Waals surface area (Å²) in [6.07, 6.45) is 4.37. The largest absolute Gasteiger partial charge is 0.345 e. The van der Waals surface area contributed by atoms with Gasteiger partial charge in [0.15, 0.2) is 0 Å². The van der Waals surface area contributed by atoms with Crippen LogP contribution in [0.5, 0.6) is 0 Å². The van der Waals surface area contributed by atoms with Crippen LogP contribution in [0.2, 0.25) is 0 Å². The summed E-state index contributed by atoms with van der Waals surface area (Å²) in [4.78, 5) is 19.6. The highest BCUT2D eigenvalue weighted by Crippen LogP contribution is 2.11. The fourth-order valence-corrected chi connectivity index (χ4v) is 1.28. The lowest BCUT2D eigenvalue weighted by molar-refractivity contribution is 0.0950. The van der Waals surface area contributed by atoms with Crippen LogP contribution >= 0.6 is 0 Å². The molecule has 0 radical (unpaired) electrons. The third-order valence-electron chi connectivity index (χ3n) is 2.10. The Kier molecular flexibility index (Phi) is 3.26. The maximum atomic E-state index is 11.8. The SMILES string of the molecule is NNc1cnccc1C(=O)NCc1ncn[nH]1. The van der Waals surface area contributed by atoms with E-state index >= 15 is 0 Å². The molecule has 1 amide bonds. The Morgan fingerprint density at radius 2 is 2.41 bits per heavy atom. The molecule has 17 heavy (non-hydrogen) atoms.